The minimum Gasteiger partial charge on any atom is -0.480 e. The molecular weight excluding hydrogens is 268 g/mol. The van der Waals surface area contributed by atoms with Crippen molar-refractivity contribution in [3.63, 3.8) is 0 Å². The summed E-state index contributed by atoms with van der Waals surface area (Å²) in [6, 6.07) is 6.66. The number of hydrogen-bond donors (Lipinski definition) is 3. The molecule has 5 nitrogen and oxygen atoms in total. The number of carbonyl (C=O) groups is 2. The molecule has 0 aliphatic carbocycles. The molecule has 1 aromatic heterocycles. The number of carbonyl (C=O) groups excluding carboxylic acids is 1. The number of aromatic nitrogens is 1. The summed E-state index contributed by atoms with van der Waals surface area (Å²) in [6.07, 6.45) is 7.51. The maximum absolute atomic E-state index is 11.6. The molecule has 1 atom stereocenters. The van der Waals surface area contributed by atoms with Gasteiger partial charge >= 0.3 is 5.97 Å². The van der Waals surface area contributed by atoms with E-state index in [1.165, 1.54) is 0 Å². The van der Waals surface area contributed by atoms with Crippen LogP contribution in [0.3, 0.4) is 0 Å². The Morgan fingerprint density at radius 3 is 2.86 bits per heavy atom. The molecule has 5 heteroatoms. The number of carboxylic acid groups (broad SMARTS) is 1. The first-order chi connectivity index (χ1) is 10.1. The maximum Gasteiger partial charge on any atom is 0.326 e. The molecule has 3 N–H and O–H groups in total. The second-order valence-corrected chi connectivity index (χ2v) is 4.73. The van der Waals surface area contributed by atoms with Gasteiger partial charge in [0.15, 0.2) is 0 Å². The Kier molecular flexibility index (Phi) is 4.62. The van der Waals surface area contributed by atoms with Crippen LogP contribution in [-0.4, -0.2) is 28.0 Å². The van der Waals surface area contributed by atoms with Crippen molar-refractivity contribution in [2.45, 2.75) is 25.3 Å². The molecule has 1 aromatic carbocycles. The molecule has 0 bridgehead atoms. The molecule has 0 aliphatic heterocycles. The van der Waals surface area contributed by atoms with Crippen LogP contribution in [0.25, 0.3) is 10.9 Å². The van der Waals surface area contributed by atoms with Gasteiger partial charge < -0.3 is 15.4 Å². The highest BCUT2D eigenvalue weighted by molar-refractivity contribution is 5.86. The topological polar surface area (TPSA) is 82.2 Å². The molecule has 0 saturated heterocycles. The van der Waals surface area contributed by atoms with E-state index in [4.69, 9.17) is 6.42 Å². The largest absolute Gasteiger partial charge is 0.480 e. The number of hydrogen-bond acceptors (Lipinski definition) is 2. The smallest absolute Gasteiger partial charge is 0.326 e. The second kappa shape index (κ2) is 6.62. The zero-order valence-electron chi connectivity index (χ0n) is 11.4. The summed E-state index contributed by atoms with van der Waals surface area (Å²) in [5, 5.41) is 12.7. The Labute approximate surface area is 122 Å². The Balaban J connectivity index is 2.11. The van der Waals surface area contributed by atoms with Crippen molar-refractivity contribution in [3.05, 3.63) is 36.0 Å². The van der Waals surface area contributed by atoms with Gasteiger partial charge in [0.1, 0.15) is 6.04 Å². The third-order valence-electron chi connectivity index (χ3n) is 3.23. The number of benzene rings is 1. The summed E-state index contributed by atoms with van der Waals surface area (Å²) in [6.45, 7) is 0. The van der Waals surface area contributed by atoms with Crippen molar-refractivity contribution < 1.29 is 14.7 Å². The Hall–Kier alpha value is -2.74. The first-order valence-corrected chi connectivity index (χ1v) is 6.62. The zero-order chi connectivity index (χ0) is 15.2. The molecular formula is C16H16N2O3. The predicted molar refractivity (Wildman–Crippen MR) is 79.6 cm³/mol. The number of carboxylic acids is 1. The number of nitrogens with one attached hydrogen (secondary N) is 2. The number of fused-ring (bicyclic) bond motifs is 1. The minimum atomic E-state index is -1.06. The molecule has 1 heterocycles. The van der Waals surface area contributed by atoms with Crippen LogP contribution in [0.5, 0.6) is 0 Å². The van der Waals surface area contributed by atoms with Gasteiger partial charge in [-0.25, -0.2) is 4.79 Å². The number of terminal acetylenes is 1. The average molecular weight is 284 g/mol. The summed E-state index contributed by atoms with van der Waals surface area (Å²) in [7, 11) is 0. The number of amides is 1. The number of aliphatic carboxylic acids is 1. The van der Waals surface area contributed by atoms with Crippen LogP contribution in [0.4, 0.5) is 0 Å². The van der Waals surface area contributed by atoms with Gasteiger partial charge in [0.2, 0.25) is 5.91 Å². The van der Waals surface area contributed by atoms with E-state index in [0.29, 0.717) is 6.42 Å². The minimum absolute atomic E-state index is 0.133. The van der Waals surface area contributed by atoms with Crippen molar-refractivity contribution in [3.8, 4) is 12.3 Å². The molecule has 2 aromatic rings. The van der Waals surface area contributed by atoms with Crippen LogP contribution in [0, 0.1) is 12.3 Å². The SMILES string of the molecule is C#CCCC(=O)N[C@H](Cc1c[nH]c2ccccc12)C(=O)O. The molecule has 0 fully saturated rings. The van der Waals surface area contributed by atoms with Crippen LogP contribution in [0.15, 0.2) is 30.5 Å². The molecule has 0 saturated carbocycles. The summed E-state index contributed by atoms with van der Waals surface area (Å²) >= 11 is 0. The summed E-state index contributed by atoms with van der Waals surface area (Å²) in [5.41, 5.74) is 1.80. The molecule has 0 radical (unpaired) electrons. The molecule has 0 spiro atoms. The zero-order valence-corrected chi connectivity index (χ0v) is 11.4. The van der Waals surface area contributed by atoms with Crippen LogP contribution in [0.1, 0.15) is 18.4 Å². The number of aromatic amines is 1. The van der Waals surface area contributed by atoms with E-state index in [0.717, 1.165) is 16.5 Å². The van der Waals surface area contributed by atoms with Gasteiger partial charge in [-0.05, 0) is 11.6 Å². The van der Waals surface area contributed by atoms with Crippen molar-refractivity contribution in [2.75, 3.05) is 0 Å². The fraction of sp³-hybridized carbons (Fsp3) is 0.250. The van der Waals surface area contributed by atoms with Gasteiger partial charge in [0.25, 0.3) is 0 Å². The lowest BCUT2D eigenvalue weighted by atomic mass is 10.0. The Morgan fingerprint density at radius 2 is 2.14 bits per heavy atom. The molecule has 1 amide bonds. The van der Waals surface area contributed by atoms with Gasteiger partial charge in [-0.3, -0.25) is 4.79 Å². The average Bonchev–Trinajstić information content (AvgIpc) is 2.87. The van der Waals surface area contributed by atoms with E-state index >= 15 is 0 Å². The second-order valence-electron chi connectivity index (χ2n) is 4.73. The monoisotopic (exact) mass is 284 g/mol. The highest BCUT2D eigenvalue weighted by Crippen LogP contribution is 2.19. The standard InChI is InChI=1S/C16H16N2O3/c1-2-3-8-15(19)18-14(16(20)21)9-11-10-17-13-7-5-4-6-12(11)13/h1,4-7,10,14,17H,3,8-9H2,(H,18,19)(H,20,21)/t14-/m1/s1. The van der Waals surface area contributed by atoms with Crippen molar-refractivity contribution in [1.29, 1.82) is 0 Å². The van der Waals surface area contributed by atoms with Crippen LogP contribution >= 0.6 is 0 Å². The normalized spacial score (nSPS) is 11.8. The van der Waals surface area contributed by atoms with E-state index < -0.39 is 12.0 Å². The highest BCUT2D eigenvalue weighted by atomic mass is 16.4. The van der Waals surface area contributed by atoms with E-state index in [-0.39, 0.29) is 18.7 Å². The van der Waals surface area contributed by atoms with Crippen LogP contribution in [-0.2, 0) is 16.0 Å². The highest BCUT2D eigenvalue weighted by Gasteiger charge is 2.21. The number of H-pyrrole nitrogens is 1. The third-order valence-corrected chi connectivity index (χ3v) is 3.23. The summed E-state index contributed by atoms with van der Waals surface area (Å²) in [5.74, 6) is 0.950. The van der Waals surface area contributed by atoms with E-state index in [2.05, 4.69) is 16.2 Å². The lowest BCUT2D eigenvalue weighted by Gasteiger charge is -2.13. The molecule has 0 aliphatic rings. The first-order valence-electron chi connectivity index (χ1n) is 6.62. The van der Waals surface area contributed by atoms with Crippen molar-refractivity contribution in [1.82, 2.24) is 10.3 Å². The van der Waals surface area contributed by atoms with E-state index in [1.54, 1.807) is 6.20 Å². The molecule has 0 unspecified atom stereocenters. The van der Waals surface area contributed by atoms with E-state index in [1.807, 2.05) is 24.3 Å². The van der Waals surface area contributed by atoms with Crippen molar-refractivity contribution >= 4 is 22.8 Å². The van der Waals surface area contributed by atoms with Gasteiger partial charge in [-0.15, -0.1) is 12.3 Å². The first kappa shape index (κ1) is 14.7. The number of para-hydroxylation sites is 1. The predicted octanol–water partition coefficient (Wildman–Crippen LogP) is 1.69. The van der Waals surface area contributed by atoms with Crippen LogP contribution in [0.2, 0.25) is 0 Å². The van der Waals surface area contributed by atoms with Gasteiger partial charge in [0.05, 0.1) is 0 Å². The molecule has 2 rings (SSSR count). The summed E-state index contributed by atoms with van der Waals surface area (Å²) < 4.78 is 0. The van der Waals surface area contributed by atoms with E-state index in [9.17, 15) is 14.7 Å². The van der Waals surface area contributed by atoms with Crippen molar-refractivity contribution in [2.24, 2.45) is 0 Å². The third kappa shape index (κ3) is 3.63. The number of rotatable bonds is 6. The van der Waals surface area contributed by atoms with Gasteiger partial charge in [0, 0.05) is 36.4 Å². The quantitative estimate of drug-likeness (QED) is 0.706. The fourth-order valence-corrected chi connectivity index (χ4v) is 2.17. The summed E-state index contributed by atoms with van der Waals surface area (Å²) in [4.78, 5) is 26.0. The Bertz CT molecular complexity index is 697. The fourth-order valence-electron chi connectivity index (χ4n) is 2.17. The lowest BCUT2D eigenvalue weighted by Crippen LogP contribution is -2.42. The lowest BCUT2D eigenvalue weighted by molar-refractivity contribution is -0.141. The van der Waals surface area contributed by atoms with Gasteiger partial charge in [-0.1, -0.05) is 18.2 Å². The maximum atomic E-state index is 11.6. The Morgan fingerprint density at radius 1 is 1.38 bits per heavy atom. The molecule has 108 valence electrons. The van der Waals surface area contributed by atoms with Gasteiger partial charge in [-0.2, -0.15) is 0 Å². The molecule has 21 heavy (non-hydrogen) atoms. The van der Waals surface area contributed by atoms with Crippen LogP contribution < -0.4 is 5.32 Å².